The minimum atomic E-state index is 0.534. The van der Waals surface area contributed by atoms with Crippen LogP contribution in [0.1, 0.15) is 11.1 Å². The second-order valence-corrected chi connectivity index (χ2v) is 5.51. The van der Waals surface area contributed by atoms with E-state index in [2.05, 4.69) is 33.4 Å². The first-order valence-corrected chi connectivity index (χ1v) is 7.33. The topological polar surface area (TPSA) is 57.7 Å². The average molecular weight is 303 g/mol. The Kier molecular flexibility index (Phi) is 4.07. The fourth-order valence-electron chi connectivity index (χ4n) is 2.38. The van der Waals surface area contributed by atoms with Crippen LogP contribution in [0.25, 0.3) is 11.3 Å². The highest BCUT2D eigenvalue weighted by Gasteiger charge is 2.07. The molecule has 0 bridgehead atoms. The molecule has 114 valence electrons. The van der Waals surface area contributed by atoms with E-state index in [4.69, 9.17) is 5.26 Å². The summed E-state index contributed by atoms with van der Waals surface area (Å²) in [5.74, 6) is 0. The third kappa shape index (κ3) is 3.22. The highest BCUT2D eigenvalue weighted by Crippen LogP contribution is 2.20. The van der Waals surface area contributed by atoms with E-state index in [0.29, 0.717) is 12.1 Å². The lowest BCUT2D eigenvalue weighted by Gasteiger charge is -2.11. The van der Waals surface area contributed by atoms with E-state index >= 15 is 0 Å². The van der Waals surface area contributed by atoms with Crippen molar-refractivity contribution in [2.75, 3.05) is 19.0 Å². The van der Waals surface area contributed by atoms with Crippen LogP contribution in [0.5, 0.6) is 0 Å². The molecule has 0 saturated carbocycles. The van der Waals surface area contributed by atoms with Gasteiger partial charge in [0.25, 0.3) is 0 Å². The van der Waals surface area contributed by atoms with Crippen LogP contribution in [0, 0.1) is 11.3 Å². The van der Waals surface area contributed by atoms with Crippen LogP contribution >= 0.6 is 0 Å². The van der Waals surface area contributed by atoms with Gasteiger partial charge in [0.1, 0.15) is 5.69 Å². The van der Waals surface area contributed by atoms with E-state index in [1.165, 1.54) is 0 Å². The zero-order valence-electron chi connectivity index (χ0n) is 13.1. The number of rotatable bonds is 4. The van der Waals surface area contributed by atoms with Crippen molar-refractivity contribution in [2.24, 2.45) is 0 Å². The summed E-state index contributed by atoms with van der Waals surface area (Å²) in [7, 11) is 4.02. The Labute approximate surface area is 135 Å². The fourth-order valence-corrected chi connectivity index (χ4v) is 2.38. The molecule has 0 aliphatic rings. The van der Waals surface area contributed by atoms with Crippen LogP contribution in [0.2, 0.25) is 0 Å². The molecule has 0 N–H and O–H groups in total. The molecule has 0 atom stereocenters. The Morgan fingerprint density at radius 2 is 1.83 bits per heavy atom. The Hall–Kier alpha value is -3.13. The van der Waals surface area contributed by atoms with Gasteiger partial charge in [-0.3, -0.25) is 0 Å². The lowest BCUT2D eigenvalue weighted by molar-refractivity contribution is 0.649. The van der Waals surface area contributed by atoms with Crippen molar-refractivity contribution in [1.29, 1.82) is 5.26 Å². The van der Waals surface area contributed by atoms with Crippen LogP contribution in [-0.4, -0.2) is 29.1 Å². The summed E-state index contributed by atoms with van der Waals surface area (Å²) in [6, 6.07) is 17.9. The summed E-state index contributed by atoms with van der Waals surface area (Å²) < 4.78 is 1.76. The monoisotopic (exact) mass is 303 g/mol. The molecule has 0 unspecified atom stereocenters. The van der Waals surface area contributed by atoms with Gasteiger partial charge in [0.05, 0.1) is 24.4 Å². The number of aromatic nitrogens is 3. The minimum absolute atomic E-state index is 0.534. The SMILES string of the molecule is CN(C)c1ccc(-c2cn(Cc3ccccc3C#N)nn2)cc1. The molecule has 3 aromatic rings. The summed E-state index contributed by atoms with van der Waals surface area (Å²) in [5.41, 5.74) is 4.60. The summed E-state index contributed by atoms with van der Waals surface area (Å²) in [6.45, 7) is 0.534. The maximum absolute atomic E-state index is 9.15. The molecule has 0 spiro atoms. The van der Waals surface area contributed by atoms with Crippen LogP contribution in [0.15, 0.2) is 54.7 Å². The zero-order valence-corrected chi connectivity index (χ0v) is 13.1. The van der Waals surface area contributed by atoms with Gasteiger partial charge in [-0.2, -0.15) is 5.26 Å². The molecule has 5 nitrogen and oxygen atoms in total. The average Bonchev–Trinajstić information content (AvgIpc) is 3.04. The van der Waals surface area contributed by atoms with Crippen molar-refractivity contribution >= 4 is 5.69 Å². The minimum Gasteiger partial charge on any atom is -0.378 e. The van der Waals surface area contributed by atoms with E-state index in [1.54, 1.807) is 4.68 Å². The molecule has 2 aromatic carbocycles. The maximum atomic E-state index is 9.15. The predicted octanol–water partition coefficient (Wildman–Crippen LogP) is 2.93. The van der Waals surface area contributed by atoms with Crippen molar-refractivity contribution in [3.8, 4) is 17.3 Å². The van der Waals surface area contributed by atoms with E-state index < -0.39 is 0 Å². The predicted molar refractivity (Wildman–Crippen MR) is 90.0 cm³/mol. The van der Waals surface area contributed by atoms with Crippen molar-refractivity contribution in [3.05, 3.63) is 65.9 Å². The molecule has 5 heteroatoms. The van der Waals surface area contributed by atoms with E-state index in [0.717, 1.165) is 22.5 Å². The van der Waals surface area contributed by atoms with Gasteiger partial charge in [-0.05, 0) is 23.8 Å². The van der Waals surface area contributed by atoms with Gasteiger partial charge >= 0.3 is 0 Å². The molecule has 1 aromatic heterocycles. The summed E-state index contributed by atoms with van der Waals surface area (Å²) >= 11 is 0. The molecular weight excluding hydrogens is 286 g/mol. The molecule has 0 saturated heterocycles. The summed E-state index contributed by atoms with van der Waals surface area (Å²) in [4.78, 5) is 2.06. The van der Waals surface area contributed by atoms with Gasteiger partial charge < -0.3 is 4.90 Å². The molecule has 3 rings (SSSR count). The Bertz CT molecular complexity index is 840. The smallest absolute Gasteiger partial charge is 0.113 e. The second kappa shape index (κ2) is 6.32. The molecule has 1 heterocycles. The number of hydrogen-bond donors (Lipinski definition) is 0. The normalized spacial score (nSPS) is 10.3. The lowest BCUT2D eigenvalue weighted by Crippen LogP contribution is -2.07. The van der Waals surface area contributed by atoms with Gasteiger partial charge in [0.2, 0.25) is 0 Å². The largest absolute Gasteiger partial charge is 0.378 e. The number of anilines is 1. The third-order valence-corrected chi connectivity index (χ3v) is 3.69. The molecule has 0 amide bonds. The van der Waals surface area contributed by atoms with Crippen LogP contribution < -0.4 is 4.90 Å². The first kappa shape index (κ1) is 14.8. The van der Waals surface area contributed by atoms with Crippen LogP contribution in [0.3, 0.4) is 0 Å². The summed E-state index contributed by atoms with van der Waals surface area (Å²) in [5, 5.41) is 17.5. The molecule has 0 aliphatic carbocycles. The van der Waals surface area contributed by atoms with Crippen molar-refractivity contribution in [3.63, 3.8) is 0 Å². The molecular formula is C18H17N5. The number of nitriles is 1. The van der Waals surface area contributed by atoms with Gasteiger partial charge in [0, 0.05) is 25.3 Å². The highest BCUT2D eigenvalue weighted by molar-refractivity contribution is 5.62. The fraction of sp³-hybridized carbons (Fsp3) is 0.167. The first-order chi connectivity index (χ1) is 11.2. The number of nitrogens with zero attached hydrogens (tertiary/aromatic N) is 5. The van der Waals surface area contributed by atoms with E-state index in [9.17, 15) is 0 Å². The maximum Gasteiger partial charge on any atom is 0.113 e. The van der Waals surface area contributed by atoms with Crippen LogP contribution in [-0.2, 0) is 6.54 Å². The van der Waals surface area contributed by atoms with Gasteiger partial charge in [-0.1, -0.05) is 35.5 Å². The van der Waals surface area contributed by atoms with E-state index in [-0.39, 0.29) is 0 Å². The molecule has 0 fully saturated rings. The molecule has 0 radical (unpaired) electrons. The Morgan fingerprint density at radius 3 is 2.52 bits per heavy atom. The van der Waals surface area contributed by atoms with Gasteiger partial charge in [0.15, 0.2) is 0 Å². The highest BCUT2D eigenvalue weighted by atomic mass is 15.4. The number of hydrogen-bond acceptors (Lipinski definition) is 4. The second-order valence-electron chi connectivity index (χ2n) is 5.51. The molecule has 0 aliphatic heterocycles. The van der Waals surface area contributed by atoms with Crippen molar-refractivity contribution in [2.45, 2.75) is 6.54 Å². The lowest BCUT2D eigenvalue weighted by atomic mass is 10.1. The quantitative estimate of drug-likeness (QED) is 0.743. The first-order valence-electron chi connectivity index (χ1n) is 7.33. The van der Waals surface area contributed by atoms with Gasteiger partial charge in [-0.25, -0.2) is 4.68 Å². The van der Waals surface area contributed by atoms with Crippen molar-refractivity contribution < 1.29 is 0 Å². The zero-order chi connectivity index (χ0) is 16.2. The Balaban J connectivity index is 1.82. The van der Waals surface area contributed by atoms with Gasteiger partial charge in [-0.15, -0.1) is 5.10 Å². The Morgan fingerprint density at radius 1 is 1.09 bits per heavy atom. The summed E-state index contributed by atoms with van der Waals surface area (Å²) in [6.07, 6.45) is 1.90. The third-order valence-electron chi connectivity index (χ3n) is 3.69. The van der Waals surface area contributed by atoms with Crippen LogP contribution in [0.4, 0.5) is 5.69 Å². The standard InChI is InChI=1S/C18H17N5/c1-22(2)17-9-7-14(8-10-17)18-13-23(21-20-18)12-16-6-4-3-5-15(16)11-19/h3-10,13H,12H2,1-2H3. The van der Waals surface area contributed by atoms with Crippen molar-refractivity contribution in [1.82, 2.24) is 15.0 Å². The molecule has 23 heavy (non-hydrogen) atoms. The van der Waals surface area contributed by atoms with E-state index in [1.807, 2.05) is 56.7 Å². The number of benzene rings is 2.